The Morgan fingerprint density at radius 1 is 1.07 bits per heavy atom. The lowest BCUT2D eigenvalue weighted by molar-refractivity contribution is 0.263. The zero-order chi connectivity index (χ0) is 18.5. The van der Waals surface area contributed by atoms with Gasteiger partial charge < -0.3 is 19.7 Å². The zero-order valence-corrected chi connectivity index (χ0v) is 15.4. The Morgan fingerprint density at radius 3 is 2.67 bits per heavy atom. The van der Waals surface area contributed by atoms with Crippen LogP contribution in [0, 0.1) is 0 Å². The lowest BCUT2D eigenvalue weighted by Crippen LogP contribution is -2.21. The number of aromatic nitrogens is 1. The van der Waals surface area contributed by atoms with Crippen LogP contribution in [0.5, 0.6) is 11.6 Å². The van der Waals surface area contributed by atoms with Crippen LogP contribution in [-0.2, 0) is 0 Å². The average Bonchev–Trinajstić information content (AvgIpc) is 3.32. The summed E-state index contributed by atoms with van der Waals surface area (Å²) in [7, 11) is 0. The number of hydrogen-bond donors (Lipinski definition) is 2. The Morgan fingerprint density at radius 2 is 1.85 bits per heavy atom. The maximum Gasteiger partial charge on any atom is 0.198 e. The highest BCUT2D eigenvalue weighted by atomic mass is 16.5. The van der Waals surface area contributed by atoms with E-state index in [1.807, 2.05) is 48.5 Å². The standard InChI is InChI=1S/C22H25N3O2/c26-22-20(19-6-1-2-7-21(19)24-22)16-23-17-8-10-18(11-9-17)27-15-5-14-25-12-3-4-13-25/h1-2,6-11,16,24,26H,3-5,12-15H2. The van der Waals surface area contributed by atoms with E-state index in [4.69, 9.17) is 4.74 Å². The second kappa shape index (κ2) is 8.27. The molecule has 4 rings (SSSR count). The number of benzene rings is 2. The van der Waals surface area contributed by atoms with Crippen molar-refractivity contribution in [3.63, 3.8) is 0 Å². The van der Waals surface area contributed by atoms with Crippen LogP contribution in [0.25, 0.3) is 10.9 Å². The Kier molecular flexibility index (Phi) is 5.39. The molecule has 0 bridgehead atoms. The van der Waals surface area contributed by atoms with Gasteiger partial charge in [-0.2, -0.15) is 0 Å². The third-order valence-corrected chi connectivity index (χ3v) is 4.99. The van der Waals surface area contributed by atoms with E-state index >= 15 is 0 Å². The number of nitrogens with one attached hydrogen (secondary N) is 1. The number of rotatable bonds is 7. The van der Waals surface area contributed by atoms with Gasteiger partial charge in [0, 0.05) is 23.7 Å². The third kappa shape index (κ3) is 4.31. The number of nitrogens with zero attached hydrogens (tertiary/aromatic N) is 2. The van der Waals surface area contributed by atoms with Crippen LogP contribution in [0.2, 0.25) is 0 Å². The Labute approximate surface area is 159 Å². The van der Waals surface area contributed by atoms with Gasteiger partial charge in [0.2, 0.25) is 0 Å². The SMILES string of the molecule is Oc1[nH]c2ccccc2c1C=Nc1ccc(OCCCN2CCCC2)cc1. The smallest absolute Gasteiger partial charge is 0.198 e. The summed E-state index contributed by atoms with van der Waals surface area (Å²) < 4.78 is 5.82. The first-order chi connectivity index (χ1) is 13.3. The van der Waals surface area contributed by atoms with E-state index in [1.165, 1.54) is 25.9 Å². The first-order valence-electron chi connectivity index (χ1n) is 9.58. The van der Waals surface area contributed by atoms with Gasteiger partial charge in [-0.3, -0.25) is 4.99 Å². The van der Waals surface area contributed by atoms with E-state index < -0.39 is 0 Å². The fourth-order valence-corrected chi connectivity index (χ4v) is 3.53. The first kappa shape index (κ1) is 17.6. The summed E-state index contributed by atoms with van der Waals surface area (Å²) in [5, 5.41) is 11.0. The number of likely N-dealkylation sites (tertiary alicyclic amines) is 1. The highest BCUT2D eigenvalue weighted by molar-refractivity contribution is 6.02. The molecule has 0 unspecified atom stereocenters. The number of fused-ring (bicyclic) bond motifs is 1. The molecule has 0 atom stereocenters. The van der Waals surface area contributed by atoms with Crippen molar-refractivity contribution >= 4 is 22.8 Å². The molecule has 5 heteroatoms. The molecule has 1 aliphatic rings. The van der Waals surface area contributed by atoms with Gasteiger partial charge in [-0.1, -0.05) is 18.2 Å². The van der Waals surface area contributed by atoms with Crippen molar-refractivity contribution in [2.75, 3.05) is 26.2 Å². The van der Waals surface area contributed by atoms with E-state index in [9.17, 15) is 5.11 Å². The van der Waals surface area contributed by atoms with Crippen LogP contribution in [0.1, 0.15) is 24.8 Å². The molecule has 1 aliphatic heterocycles. The molecule has 2 aromatic carbocycles. The van der Waals surface area contributed by atoms with Gasteiger partial charge in [0.1, 0.15) is 5.75 Å². The van der Waals surface area contributed by atoms with Crippen LogP contribution in [0.3, 0.4) is 0 Å². The summed E-state index contributed by atoms with van der Waals surface area (Å²) in [5.41, 5.74) is 2.42. The molecular weight excluding hydrogens is 338 g/mol. The molecule has 1 fully saturated rings. The van der Waals surface area contributed by atoms with Gasteiger partial charge in [-0.15, -0.1) is 0 Å². The highest BCUT2D eigenvalue weighted by Gasteiger charge is 2.10. The lowest BCUT2D eigenvalue weighted by Gasteiger charge is -2.14. The van der Waals surface area contributed by atoms with E-state index in [0.717, 1.165) is 41.9 Å². The molecule has 140 valence electrons. The van der Waals surface area contributed by atoms with Gasteiger partial charge in [0.05, 0.1) is 17.9 Å². The predicted molar refractivity (Wildman–Crippen MR) is 109 cm³/mol. The van der Waals surface area contributed by atoms with Crippen LogP contribution < -0.4 is 4.74 Å². The van der Waals surface area contributed by atoms with Crippen molar-refractivity contribution in [2.45, 2.75) is 19.3 Å². The van der Waals surface area contributed by atoms with Crippen LogP contribution >= 0.6 is 0 Å². The maximum absolute atomic E-state index is 10.1. The van der Waals surface area contributed by atoms with Gasteiger partial charge in [0.25, 0.3) is 0 Å². The normalized spacial score (nSPS) is 15.1. The molecule has 27 heavy (non-hydrogen) atoms. The summed E-state index contributed by atoms with van der Waals surface area (Å²) in [5.74, 6) is 1.00. The van der Waals surface area contributed by atoms with Crippen LogP contribution in [0.15, 0.2) is 53.5 Å². The van der Waals surface area contributed by atoms with Crippen molar-refractivity contribution in [1.82, 2.24) is 9.88 Å². The van der Waals surface area contributed by atoms with Crippen molar-refractivity contribution in [3.8, 4) is 11.6 Å². The van der Waals surface area contributed by atoms with E-state index in [2.05, 4.69) is 14.9 Å². The van der Waals surface area contributed by atoms with Crippen molar-refractivity contribution in [2.24, 2.45) is 4.99 Å². The molecule has 2 N–H and O–H groups in total. The quantitative estimate of drug-likeness (QED) is 0.480. The maximum atomic E-state index is 10.1. The molecule has 0 amide bonds. The van der Waals surface area contributed by atoms with Crippen molar-refractivity contribution in [1.29, 1.82) is 0 Å². The van der Waals surface area contributed by atoms with Crippen molar-refractivity contribution in [3.05, 3.63) is 54.1 Å². The molecule has 0 spiro atoms. The molecule has 0 aliphatic carbocycles. The molecule has 1 aromatic heterocycles. The Balaban J connectivity index is 1.33. The molecule has 0 radical (unpaired) electrons. The first-order valence-corrected chi connectivity index (χ1v) is 9.58. The van der Waals surface area contributed by atoms with Gasteiger partial charge in [-0.25, -0.2) is 0 Å². The number of H-pyrrole nitrogens is 1. The minimum atomic E-state index is 0.137. The minimum absolute atomic E-state index is 0.137. The van der Waals surface area contributed by atoms with Crippen LogP contribution in [0.4, 0.5) is 5.69 Å². The van der Waals surface area contributed by atoms with Crippen LogP contribution in [-0.4, -0.2) is 47.4 Å². The van der Waals surface area contributed by atoms with Gasteiger partial charge >= 0.3 is 0 Å². The predicted octanol–water partition coefficient (Wildman–Crippen LogP) is 4.49. The Bertz CT molecular complexity index is 909. The number of aromatic amines is 1. The monoisotopic (exact) mass is 363 g/mol. The molecule has 3 aromatic rings. The zero-order valence-electron chi connectivity index (χ0n) is 15.4. The molecular formula is C22H25N3O2. The summed E-state index contributed by atoms with van der Waals surface area (Å²) in [6.07, 6.45) is 5.41. The van der Waals surface area contributed by atoms with Gasteiger partial charge in [0.15, 0.2) is 5.88 Å². The summed E-state index contributed by atoms with van der Waals surface area (Å²) in [4.78, 5) is 9.95. The highest BCUT2D eigenvalue weighted by Crippen LogP contribution is 2.26. The second-order valence-corrected chi connectivity index (χ2v) is 6.94. The summed E-state index contributed by atoms with van der Waals surface area (Å²) >= 11 is 0. The van der Waals surface area contributed by atoms with E-state index in [0.29, 0.717) is 5.56 Å². The number of aliphatic imine (C=N–C) groups is 1. The fourth-order valence-electron chi connectivity index (χ4n) is 3.53. The molecule has 0 saturated carbocycles. The van der Waals surface area contributed by atoms with Gasteiger partial charge in [-0.05, 0) is 62.7 Å². The second-order valence-electron chi connectivity index (χ2n) is 6.94. The Hall–Kier alpha value is -2.79. The fraction of sp³-hybridized carbons (Fsp3) is 0.318. The third-order valence-electron chi connectivity index (χ3n) is 4.99. The molecule has 1 saturated heterocycles. The summed E-state index contributed by atoms with van der Waals surface area (Å²) in [6, 6.07) is 15.5. The minimum Gasteiger partial charge on any atom is -0.494 e. The topological polar surface area (TPSA) is 60.9 Å². The number of para-hydroxylation sites is 1. The average molecular weight is 363 g/mol. The number of ether oxygens (including phenoxy) is 1. The number of aromatic hydroxyl groups is 1. The lowest BCUT2D eigenvalue weighted by atomic mass is 10.2. The molecule has 2 heterocycles. The summed E-state index contributed by atoms with van der Waals surface area (Å²) in [6.45, 7) is 4.33. The van der Waals surface area contributed by atoms with E-state index in [1.54, 1.807) is 6.21 Å². The number of hydrogen-bond acceptors (Lipinski definition) is 4. The molecule has 5 nitrogen and oxygen atoms in total. The largest absolute Gasteiger partial charge is 0.494 e. The van der Waals surface area contributed by atoms with E-state index in [-0.39, 0.29) is 5.88 Å². The van der Waals surface area contributed by atoms with Crippen molar-refractivity contribution < 1.29 is 9.84 Å².